The maximum atomic E-state index is 13.3. The maximum absolute atomic E-state index is 13.3. The van der Waals surface area contributed by atoms with Crippen molar-refractivity contribution in [2.24, 2.45) is 0 Å². The minimum absolute atomic E-state index is 0.0483. The van der Waals surface area contributed by atoms with Crippen LogP contribution in [0.5, 0.6) is 5.75 Å². The zero-order valence-corrected chi connectivity index (χ0v) is 11.9. The van der Waals surface area contributed by atoms with Gasteiger partial charge in [0.15, 0.2) is 11.6 Å². The van der Waals surface area contributed by atoms with E-state index in [1.165, 1.54) is 27.3 Å². The fourth-order valence-electron chi connectivity index (χ4n) is 1.38. The summed E-state index contributed by atoms with van der Waals surface area (Å²) in [6.07, 6.45) is 0. The Labute approximate surface area is 112 Å². The number of benzene rings is 1. The van der Waals surface area contributed by atoms with E-state index in [1.54, 1.807) is 0 Å². The molecule has 0 spiro atoms. The molecule has 0 radical (unpaired) electrons. The number of methoxy groups -OCH3 is 1. The molecule has 1 rings (SSSR count). The molecule has 19 heavy (non-hydrogen) atoms. The van der Waals surface area contributed by atoms with Crippen molar-refractivity contribution in [3.8, 4) is 5.75 Å². The number of hydrogen-bond donors (Lipinski definition) is 2. The predicted octanol–water partition coefficient (Wildman–Crippen LogP) is 0.720. The molecular formula is C11H18FN3O3S. The van der Waals surface area contributed by atoms with Gasteiger partial charge in [0, 0.05) is 32.8 Å². The van der Waals surface area contributed by atoms with Crippen molar-refractivity contribution in [3.05, 3.63) is 17.9 Å². The van der Waals surface area contributed by atoms with Gasteiger partial charge < -0.3 is 15.8 Å². The second-order valence-electron chi connectivity index (χ2n) is 4.10. The van der Waals surface area contributed by atoms with Crippen molar-refractivity contribution >= 4 is 21.4 Å². The van der Waals surface area contributed by atoms with E-state index in [1.807, 2.05) is 0 Å². The minimum Gasteiger partial charge on any atom is -0.494 e. The lowest BCUT2D eigenvalue weighted by molar-refractivity contribution is 0.387. The van der Waals surface area contributed by atoms with E-state index in [9.17, 15) is 12.8 Å². The SMILES string of the molecule is COc1cc(NCCS(=O)(=O)N(C)C)c(N)cc1F. The number of nitrogens with two attached hydrogens (primary N) is 1. The summed E-state index contributed by atoms with van der Waals surface area (Å²) in [6.45, 7) is 0.166. The van der Waals surface area contributed by atoms with Gasteiger partial charge in [0.25, 0.3) is 0 Å². The fraction of sp³-hybridized carbons (Fsp3) is 0.455. The van der Waals surface area contributed by atoms with Crippen molar-refractivity contribution in [1.29, 1.82) is 0 Å². The Balaban J connectivity index is 2.74. The highest BCUT2D eigenvalue weighted by molar-refractivity contribution is 7.89. The molecule has 0 aromatic heterocycles. The van der Waals surface area contributed by atoms with Gasteiger partial charge in [-0.05, 0) is 0 Å². The molecule has 0 bridgehead atoms. The molecule has 1 aromatic carbocycles. The van der Waals surface area contributed by atoms with Crippen LogP contribution < -0.4 is 15.8 Å². The number of nitrogens with one attached hydrogen (secondary N) is 1. The van der Waals surface area contributed by atoms with E-state index in [2.05, 4.69) is 5.32 Å². The van der Waals surface area contributed by atoms with Crippen molar-refractivity contribution in [1.82, 2.24) is 4.31 Å². The molecular weight excluding hydrogens is 273 g/mol. The quantitative estimate of drug-likeness (QED) is 0.754. The topological polar surface area (TPSA) is 84.7 Å². The summed E-state index contributed by atoms with van der Waals surface area (Å²) >= 11 is 0. The Morgan fingerprint density at radius 3 is 2.58 bits per heavy atom. The zero-order valence-electron chi connectivity index (χ0n) is 11.1. The van der Waals surface area contributed by atoms with Gasteiger partial charge >= 0.3 is 0 Å². The van der Waals surface area contributed by atoms with Crippen LogP contribution in [-0.4, -0.2) is 46.2 Å². The van der Waals surface area contributed by atoms with E-state index < -0.39 is 15.8 Å². The lowest BCUT2D eigenvalue weighted by Crippen LogP contribution is -2.28. The number of sulfonamides is 1. The number of hydrogen-bond acceptors (Lipinski definition) is 5. The Morgan fingerprint density at radius 1 is 1.42 bits per heavy atom. The molecule has 3 N–H and O–H groups in total. The van der Waals surface area contributed by atoms with Crippen molar-refractivity contribution in [2.75, 3.05) is 44.6 Å². The van der Waals surface area contributed by atoms with Gasteiger partial charge in [0.05, 0.1) is 24.2 Å². The second-order valence-corrected chi connectivity index (χ2v) is 6.40. The number of anilines is 2. The summed E-state index contributed by atoms with van der Waals surface area (Å²) in [5.74, 6) is -0.599. The van der Waals surface area contributed by atoms with E-state index in [0.717, 1.165) is 10.4 Å². The first-order chi connectivity index (χ1) is 8.77. The standard InChI is InChI=1S/C11H18FN3O3S/c1-15(2)19(16,17)5-4-14-10-7-11(18-3)8(12)6-9(10)13/h6-7,14H,4-5,13H2,1-3H3. The predicted molar refractivity (Wildman–Crippen MR) is 73.3 cm³/mol. The average molecular weight is 291 g/mol. The van der Waals surface area contributed by atoms with Gasteiger partial charge in [-0.15, -0.1) is 0 Å². The number of ether oxygens (including phenoxy) is 1. The molecule has 8 heteroatoms. The molecule has 0 amide bonds. The molecule has 0 unspecified atom stereocenters. The van der Waals surface area contributed by atoms with Gasteiger partial charge in [-0.1, -0.05) is 0 Å². The van der Waals surface area contributed by atoms with Crippen LogP contribution >= 0.6 is 0 Å². The van der Waals surface area contributed by atoms with Gasteiger partial charge in [0.1, 0.15) is 0 Å². The van der Waals surface area contributed by atoms with Crippen LogP contribution in [0, 0.1) is 5.82 Å². The van der Waals surface area contributed by atoms with Crippen molar-refractivity contribution < 1.29 is 17.5 Å². The van der Waals surface area contributed by atoms with Crippen LogP contribution in [-0.2, 0) is 10.0 Å². The first kappa shape index (κ1) is 15.5. The molecule has 6 nitrogen and oxygen atoms in total. The Kier molecular flexibility index (Phi) is 4.96. The third kappa shape index (κ3) is 3.97. The van der Waals surface area contributed by atoms with Gasteiger partial charge in [-0.3, -0.25) is 0 Å². The van der Waals surface area contributed by atoms with Crippen LogP contribution in [0.15, 0.2) is 12.1 Å². The highest BCUT2D eigenvalue weighted by Gasteiger charge is 2.14. The first-order valence-electron chi connectivity index (χ1n) is 5.55. The van der Waals surface area contributed by atoms with E-state index in [0.29, 0.717) is 5.69 Å². The maximum Gasteiger partial charge on any atom is 0.215 e. The summed E-state index contributed by atoms with van der Waals surface area (Å²) in [5, 5.41) is 2.85. The van der Waals surface area contributed by atoms with Gasteiger partial charge in [-0.2, -0.15) is 0 Å². The summed E-state index contributed by atoms with van der Waals surface area (Å²) < 4.78 is 42.4. The fourth-order valence-corrected chi connectivity index (χ4v) is 2.10. The molecule has 0 aliphatic carbocycles. The minimum atomic E-state index is -3.28. The molecule has 0 aliphatic heterocycles. The summed E-state index contributed by atoms with van der Waals surface area (Å²) in [4.78, 5) is 0. The highest BCUT2D eigenvalue weighted by Crippen LogP contribution is 2.27. The van der Waals surface area contributed by atoms with Crippen molar-refractivity contribution in [2.45, 2.75) is 0 Å². The summed E-state index contributed by atoms with van der Waals surface area (Å²) in [6, 6.07) is 2.52. The molecule has 1 aromatic rings. The van der Waals surface area contributed by atoms with Crippen LogP contribution in [0.2, 0.25) is 0 Å². The van der Waals surface area contributed by atoms with E-state index in [-0.39, 0.29) is 23.7 Å². The van der Waals surface area contributed by atoms with E-state index in [4.69, 9.17) is 10.5 Å². The van der Waals surface area contributed by atoms with E-state index >= 15 is 0 Å². The van der Waals surface area contributed by atoms with Crippen molar-refractivity contribution in [3.63, 3.8) is 0 Å². The normalized spacial score (nSPS) is 11.6. The third-order valence-electron chi connectivity index (χ3n) is 2.56. The van der Waals surface area contributed by atoms with Gasteiger partial charge in [-0.25, -0.2) is 17.1 Å². The third-order valence-corrected chi connectivity index (χ3v) is 4.39. The summed E-state index contributed by atoms with van der Waals surface area (Å²) in [5.41, 5.74) is 6.27. The second kappa shape index (κ2) is 6.07. The molecule has 0 aliphatic rings. The van der Waals surface area contributed by atoms with Crippen LogP contribution in [0.1, 0.15) is 0 Å². The monoisotopic (exact) mass is 291 g/mol. The van der Waals surface area contributed by atoms with Crippen LogP contribution in [0.4, 0.5) is 15.8 Å². The number of nitrogens with zero attached hydrogens (tertiary/aromatic N) is 1. The molecule has 108 valence electrons. The Bertz CT molecular complexity index is 546. The average Bonchev–Trinajstić information content (AvgIpc) is 2.31. The highest BCUT2D eigenvalue weighted by atomic mass is 32.2. The number of rotatable bonds is 6. The summed E-state index contributed by atoms with van der Waals surface area (Å²) in [7, 11) is 0.988. The molecule has 0 saturated heterocycles. The lowest BCUT2D eigenvalue weighted by atomic mass is 10.2. The molecule has 0 saturated carbocycles. The molecule has 0 heterocycles. The molecule has 0 fully saturated rings. The van der Waals surface area contributed by atoms with Gasteiger partial charge in [0.2, 0.25) is 10.0 Å². The largest absolute Gasteiger partial charge is 0.494 e. The number of halogens is 1. The van der Waals surface area contributed by atoms with Crippen LogP contribution in [0.25, 0.3) is 0 Å². The smallest absolute Gasteiger partial charge is 0.215 e. The Morgan fingerprint density at radius 2 is 2.05 bits per heavy atom. The number of nitrogen functional groups attached to an aromatic ring is 1. The first-order valence-corrected chi connectivity index (χ1v) is 7.16. The zero-order chi connectivity index (χ0) is 14.6. The molecule has 0 atom stereocenters. The lowest BCUT2D eigenvalue weighted by Gasteiger charge is -2.14. The van der Waals surface area contributed by atoms with Crippen LogP contribution in [0.3, 0.4) is 0 Å². The Hall–Kier alpha value is -1.54.